The molecule has 0 radical (unpaired) electrons. The standard InChI is InChI=1S/C10H12BrNO2/c1-2-5-12-7-3-4-8(10(13)14)9(11)6-7/h3-4,6,12H,2,5H2,1H3,(H,13,14). The molecule has 0 aliphatic carbocycles. The Balaban J connectivity index is 2.83. The maximum Gasteiger partial charge on any atom is 0.336 e. The molecule has 1 aromatic rings. The van der Waals surface area contributed by atoms with Gasteiger partial charge in [0.15, 0.2) is 0 Å². The summed E-state index contributed by atoms with van der Waals surface area (Å²) >= 11 is 3.22. The fraction of sp³-hybridized carbons (Fsp3) is 0.300. The quantitative estimate of drug-likeness (QED) is 0.872. The van der Waals surface area contributed by atoms with Crippen molar-refractivity contribution < 1.29 is 9.90 Å². The van der Waals surface area contributed by atoms with Gasteiger partial charge in [0, 0.05) is 16.7 Å². The van der Waals surface area contributed by atoms with Crippen LogP contribution in [-0.2, 0) is 0 Å². The van der Waals surface area contributed by atoms with E-state index in [2.05, 4.69) is 28.2 Å². The zero-order chi connectivity index (χ0) is 10.6. The molecule has 0 unspecified atom stereocenters. The van der Waals surface area contributed by atoms with Gasteiger partial charge in [-0.1, -0.05) is 6.92 Å². The molecule has 0 bridgehead atoms. The lowest BCUT2D eigenvalue weighted by Gasteiger charge is -2.06. The van der Waals surface area contributed by atoms with Gasteiger partial charge in [0.25, 0.3) is 0 Å². The number of carboxylic acid groups (broad SMARTS) is 1. The molecule has 0 spiro atoms. The van der Waals surface area contributed by atoms with E-state index in [0.29, 0.717) is 4.47 Å². The van der Waals surface area contributed by atoms with Gasteiger partial charge >= 0.3 is 5.97 Å². The van der Waals surface area contributed by atoms with Crippen molar-refractivity contribution in [1.82, 2.24) is 0 Å². The molecule has 0 heterocycles. The summed E-state index contributed by atoms with van der Waals surface area (Å²) in [5.74, 6) is -0.918. The SMILES string of the molecule is CCCNc1ccc(C(=O)O)c(Br)c1. The molecule has 0 saturated carbocycles. The lowest BCUT2D eigenvalue weighted by molar-refractivity contribution is 0.0696. The van der Waals surface area contributed by atoms with Crippen LogP contribution in [0.5, 0.6) is 0 Å². The zero-order valence-electron chi connectivity index (χ0n) is 7.88. The summed E-state index contributed by atoms with van der Waals surface area (Å²) in [5, 5.41) is 12.0. The molecule has 0 aromatic heterocycles. The second kappa shape index (κ2) is 5.00. The van der Waals surface area contributed by atoms with Gasteiger partial charge in [-0.25, -0.2) is 4.79 Å². The predicted octanol–water partition coefficient (Wildman–Crippen LogP) is 2.97. The van der Waals surface area contributed by atoms with Crippen LogP contribution in [0.15, 0.2) is 22.7 Å². The van der Waals surface area contributed by atoms with Gasteiger partial charge < -0.3 is 10.4 Å². The monoisotopic (exact) mass is 257 g/mol. The summed E-state index contributed by atoms with van der Waals surface area (Å²) < 4.78 is 0.603. The Morgan fingerprint density at radius 2 is 2.29 bits per heavy atom. The number of hydrogen-bond donors (Lipinski definition) is 2. The third kappa shape index (κ3) is 2.73. The van der Waals surface area contributed by atoms with E-state index in [4.69, 9.17) is 5.11 Å². The lowest BCUT2D eigenvalue weighted by Crippen LogP contribution is -2.02. The van der Waals surface area contributed by atoms with Crippen LogP contribution in [0.3, 0.4) is 0 Å². The molecular formula is C10H12BrNO2. The van der Waals surface area contributed by atoms with Gasteiger partial charge in [-0.3, -0.25) is 0 Å². The van der Waals surface area contributed by atoms with E-state index < -0.39 is 5.97 Å². The number of hydrogen-bond acceptors (Lipinski definition) is 2. The minimum absolute atomic E-state index is 0.284. The average Bonchev–Trinajstić information content (AvgIpc) is 2.14. The van der Waals surface area contributed by atoms with E-state index >= 15 is 0 Å². The molecule has 0 aliphatic heterocycles. The summed E-state index contributed by atoms with van der Waals surface area (Å²) in [6.07, 6.45) is 1.04. The second-order valence-corrected chi connectivity index (χ2v) is 3.78. The minimum atomic E-state index is -0.918. The van der Waals surface area contributed by atoms with Gasteiger partial charge in [-0.05, 0) is 40.5 Å². The first-order valence-electron chi connectivity index (χ1n) is 4.42. The largest absolute Gasteiger partial charge is 0.478 e. The van der Waals surface area contributed by atoms with Gasteiger partial charge in [0.05, 0.1) is 5.56 Å². The van der Waals surface area contributed by atoms with Crippen LogP contribution >= 0.6 is 15.9 Å². The molecule has 14 heavy (non-hydrogen) atoms. The van der Waals surface area contributed by atoms with Crippen LogP contribution < -0.4 is 5.32 Å². The zero-order valence-corrected chi connectivity index (χ0v) is 9.47. The summed E-state index contributed by atoms with van der Waals surface area (Å²) in [6, 6.07) is 5.13. The molecular weight excluding hydrogens is 246 g/mol. The van der Waals surface area contributed by atoms with E-state index in [0.717, 1.165) is 18.7 Å². The number of aromatic carboxylic acids is 1. The van der Waals surface area contributed by atoms with E-state index in [1.165, 1.54) is 0 Å². The van der Waals surface area contributed by atoms with Gasteiger partial charge in [-0.15, -0.1) is 0 Å². The highest BCUT2D eigenvalue weighted by atomic mass is 79.9. The first kappa shape index (κ1) is 11.0. The first-order valence-corrected chi connectivity index (χ1v) is 5.21. The lowest BCUT2D eigenvalue weighted by atomic mass is 10.2. The van der Waals surface area contributed by atoms with Gasteiger partial charge in [-0.2, -0.15) is 0 Å². The van der Waals surface area contributed by atoms with Crippen LogP contribution in [0.4, 0.5) is 5.69 Å². The average molecular weight is 258 g/mol. The number of rotatable bonds is 4. The molecule has 0 aliphatic rings. The van der Waals surface area contributed by atoms with Crippen molar-refractivity contribution in [2.45, 2.75) is 13.3 Å². The Labute approximate surface area is 91.3 Å². The Hall–Kier alpha value is -1.03. The van der Waals surface area contributed by atoms with Crippen molar-refractivity contribution in [2.75, 3.05) is 11.9 Å². The van der Waals surface area contributed by atoms with Crippen molar-refractivity contribution in [3.63, 3.8) is 0 Å². The van der Waals surface area contributed by atoms with Crippen molar-refractivity contribution in [2.24, 2.45) is 0 Å². The maximum atomic E-state index is 10.7. The summed E-state index contributed by atoms with van der Waals surface area (Å²) in [4.78, 5) is 10.7. The molecule has 0 amide bonds. The molecule has 0 fully saturated rings. The molecule has 0 atom stereocenters. The van der Waals surface area contributed by atoms with Crippen LogP contribution in [0.1, 0.15) is 23.7 Å². The Morgan fingerprint density at radius 3 is 2.79 bits per heavy atom. The van der Waals surface area contributed by atoms with Crippen LogP contribution in [-0.4, -0.2) is 17.6 Å². The number of anilines is 1. The number of carbonyl (C=O) groups is 1. The number of nitrogens with one attached hydrogen (secondary N) is 1. The molecule has 1 aromatic carbocycles. The predicted molar refractivity (Wildman–Crippen MR) is 59.9 cm³/mol. The van der Waals surface area contributed by atoms with Crippen LogP contribution in [0, 0.1) is 0 Å². The fourth-order valence-corrected chi connectivity index (χ4v) is 1.62. The van der Waals surface area contributed by atoms with E-state index in [-0.39, 0.29) is 5.56 Å². The fourth-order valence-electron chi connectivity index (χ4n) is 1.07. The Morgan fingerprint density at radius 1 is 1.57 bits per heavy atom. The van der Waals surface area contributed by atoms with Crippen molar-refractivity contribution in [3.8, 4) is 0 Å². The van der Waals surface area contributed by atoms with E-state index in [9.17, 15) is 4.79 Å². The first-order chi connectivity index (χ1) is 6.65. The summed E-state index contributed by atoms with van der Waals surface area (Å²) in [6.45, 7) is 2.96. The smallest absolute Gasteiger partial charge is 0.336 e. The van der Waals surface area contributed by atoms with E-state index in [1.807, 2.05) is 0 Å². The van der Waals surface area contributed by atoms with E-state index in [1.54, 1.807) is 18.2 Å². The highest BCUT2D eigenvalue weighted by Gasteiger charge is 2.07. The van der Waals surface area contributed by atoms with Crippen LogP contribution in [0.2, 0.25) is 0 Å². The minimum Gasteiger partial charge on any atom is -0.478 e. The molecule has 76 valence electrons. The second-order valence-electron chi connectivity index (χ2n) is 2.93. The molecule has 1 rings (SSSR count). The number of carboxylic acids is 1. The normalized spacial score (nSPS) is 9.86. The summed E-state index contributed by atoms with van der Waals surface area (Å²) in [7, 11) is 0. The Kier molecular flexibility index (Phi) is 3.95. The third-order valence-electron chi connectivity index (χ3n) is 1.78. The van der Waals surface area contributed by atoms with Crippen molar-refractivity contribution in [3.05, 3.63) is 28.2 Å². The molecule has 4 heteroatoms. The van der Waals surface area contributed by atoms with Gasteiger partial charge in [0.2, 0.25) is 0 Å². The topological polar surface area (TPSA) is 49.3 Å². The Bertz CT molecular complexity index is 339. The highest BCUT2D eigenvalue weighted by Crippen LogP contribution is 2.21. The number of halogens is 1. The highest BCUT2D eigenvalue weighted by molar-refractivity contribution is 9.10. The molecule has 0 saturated heterocycles. The van der Waals surface area contributed by atoms with Crippen molar-refractivity contribution in [1.29, 1.82) is 0 Å². The van der Waals surface area contributed by atoms with Crippen molar-refractivity contribution >= 4 is 27.6 Å². The van der Waals surface area contributed by atoms with Crippen LogP contribution in [0.25, 0.3) is 0 Å². The number of benzene rings is 1. The summed E-state index contributed by atoms with van der Waals surface area (Å²) in [5.41, 5.74) is 1.22. The van der Waals surface area contributed by atoms with Gasteiger partial charge in [0.1, 0.15) is 0 Å². The molecule has 2 N–H and O–H groups in total. The molecule has 3 nitrogen and oxygen atoms in total. The third-order valence-corrected chi connectivity index (χ3v) is 2.43. The maximum absolute atomic E-state index is 10.7.